The minimum absolute atomic E-state index is 0.0840. The van der Waals surface area contributed by atoms with Crippen molar-refractivity contribution in [1.82, 2.24) is 10.2 Å². The summed E-state index contributed by atoms with van der Waals surface area (Å²) in [6, 6.07) is 12.8. The Morgan fingerprint density at radius 1 is 1.04 bits per heavy atom. The molecule has 26 heavy (non-hydrogen) atoms. The molecule has 4 nitrogen and oxygen atoms in total. The van der Waals surface area contributed by atoms with E-state index in [1.807, 2.05) is 44.2 Å². The van der Waals surface area contributed by atoms with Crippen LogP contribution in [0.3, 0.4) is 0 Å². The first-order chi connectivity index (χ1) is 12.3. The quantitative estimate of drug-likeness (QED) is 0.841. The Morgan fingerprint density at radius 3 is 2.23 bits per heavy atom. The van der Waals surface area contributed by atoms with E-state index in [2.05, 4.69) is 5.32 Å². The smallest absolute Gasteiger partial charge is 0.242 e. The van der Waals surface area contributed by atoms with Gasteiger partial charge in [-0.25, -0.2) is 0 Å². The Hall–Kier alpha value is -2.33. The fourth-order valence-corrected chi connectivity index (χ4v) is 2.89. The van der Waals surface area contributed by atoms with Gasteiger partial charge < -0.3 is 10.2 Å². The maximum Gasteiger partial charge on any atom is 0.242 e. The number of carbonyl (C=O) groups excluding carboxylic acids is 2. The average Bonchev–Trinajstić information content (AvgIpc) is 2.63. The van der Waals surface area contributed by atoms with E-state index in [1.54, 1.807) is 31.0 Å². The molecule has 1 atom stereocenters. The van der Waals surface area contributed by atoms with E-state index in [1.165, 1.54) is 5.56 Å². The lowest BCUT2D eigenvalue weighted by Gasteiger charge is -2.28. The standard InChI is InChI=1S/C21H25ClN2O2/c1-14-5-6-18(11-15(14)2)12-20(25)24(16(3)21(26)23-4)13-17-7-9-19(22)10-8-17/h5-11,16H,12-13H2,1-4H3,(H,23,26)/t16-/m1/s1. The molecule has 0 fully saturated rings. The van der Waals surface area contributed by atoms with E-state index in [4.69, 9.17) is 11.6 Å². The molecule has 0 radical (unpaired) electrons. The Labute approximate surface area is 160 Å². The summed E-state index contributed by atoms with van der Waals surface area (Å²) in [7, 11) is 1.58. The van der Waals surface area contributed by atoms with Crippen molar-refractivity contribution in [2.24, 2.45) is 0 Å². The number of nitrogens with one attached hydrogen (secondary N) is 1. The van der Waals surface area contributed by atoms with Crippen molar-refractivity contribution < 1.29 is 9.59 Å². The molecule has 2 rings (SSSR count). The van der Waals surface area contributed by atoms with Crippen LogP contribution in [0.1, 0.15) is 29.2 Å². The van der Waals surface area contributed by atoms with Crippen LogP contribution in [0.15, 0.2) is 42.5 Å². The molecule has 1 N–H and O–H groups in total. The lowest BCUT2D eigenvalue weighted by Crippen LogP contribution is -2.47. The topological polar surface area (TPSA) is 49.4 Å². The fraction of sp³-hybridized carbons (Fsp3) is 0.333. The molecule has 0 saturated heterocycles. The summed E-state index contributed by atoms with van der Waals surface area (Å²) >= 11 is 5.94. The van der Waals surface area contributed by atoms with Crippen LogP contribution in [-0.2, 0) is 22.6 Å². The van der Waals surface area contributed by atoms with Crippen molar-refractivity contribution in [3.8, 4) is 0 Å². The van der Waals surface area contributed by atoms with E-state index >= 15 is 0 Å². The normalized spacial score (nSPS) is 11.7. The fourth-order valence-electron chi connectivity index (χ4n) is 2.77. The minimum atomic E-state index is -0.560. The molecule has 0 spiro atoms. The minimum Gasteiger partial charge on any atom is -0.357 e. The van der Waals surface area contributed by atoms with Gasteiger partial charge in [-0.15, -0.1) is 0 Å². The summed E-state index contributed by atoms with van der Waals surface area (Å²) in [5.74, 6) is -0.272. The third-order valence-corrected chi connectivity index (χ3v) is 4.86. The molecule has 0 unspecified atom stereocenters. The van der Waals surface area contributed by atoms with E-state index in [9.17, 15) is 9.59 Å². The van der Waals surface area contributed by atoms with Gasteiger partial charge in [0.2, 0.25) is 11.8 Å². The molecule has 0 saturated carbocycles. The van der Waals surface area contributed by atoms with Crippen LogP contribution < -0.4 is 5.32 Å². The number of rotatable bonds is 6. The van der Waals surface area contributed by atoms with Crippen LogP contribution in [-0.4, -0.2) is 29.8 Å². The van der Waals surface area contributed by atoms with Gasteiger partial charge in [0.1, 0.15) is 6.04 Å². The van der Waals surface area contributed by atoms with Crippen molar-refractivity contribution >= 4 is 23.4 Å². The predicted octanol–water partition coefficient (Wildman–Crippen LogP) is 3.66. The zero-order valence-corrected chi connectivity index (χ0v) is 16.4. The highest BCUT2D eigenvalue weighted by Gasteiger charge is 2.25. The molecule has 138 valence electrons. The number of amides is 2. The summed E-state index contributed by atoms with van der Waals surface area (Å²) < 4.78 is 0. The Bertz CT molecular complexity index is 787. The number of halogens is 1. The van der Waals surface area contributed by atoms with Crippen molar-refractivity contribution in [2.45, 2.75) is 39.8 Å². The molecule has 2 aromatic rings. The van der Waals surface area contributed by atoms with Crippen molar-refractivity contribution in [1.29, 1.82) is 0 Å². The highest BCUT2D eigenvalue weighted by molar-refractivity contribution is 6.30. The van der Waals surface area contributed by atoms with Crippen molar-refractivity contribution in [3.63, 3.8) is 0 Å². The van der Waals surface area contributed by atoms with Gasteiger partial charge in [-0.3, -0.25) is 9.59 Å². The molecule has 0 aliphatic carbocycles. The Balaban J connectivity index is 2.23. The zero-order chi connectivity index (χ0) is 19.3. The van der Waals surface area contributed by atoms with Gasteiger partial charge in [0.25, 0.3) is 0 Å². The van der Waals surface area contributed by atoms with Crippen LogP contribution in [0.2, 0.25) is 5.02 Å². The maximum absolute atomic E-state index is 13.0. The first-order valence-electron chi connectivity index (χ1n) is 8.63. The zero-order valence-electron chi connectivity index (χ0n) is 15.7. The number of likely N-dealkylation sites (N-methyl/N-ethyl adjacent to an activating group) is 1. The Morgan fingerprint density at radius 2 is 1.65 bits per heavy atom. The monoisotopic (exact) mass is 372 g/mol. The van der Waals surface area contributed by atoms with Crippen LogP contribution in [0.4, 0.5) is 0 Å². The average molecular weight is 373 g/mol. The van der Waals surface area contributed by atoms with Crippen molar-refractivity contribution in [3.05, 3.63) is 69.7 Å². The number of nitrogens with zero attached hydrogens (tertiary/aromatic N) is 1. The first kappa shape index (κ1) is 20.0. The Kier molecular flexibility index (Phi) is 6.81. The summed E-state index contributed by atoms with van der Waals surface area (Å²) in [6.45, 7) is 6.17. The first-order valence-corrected chi connectivity index (χ1v) is 9.01. The van der Waals surface area contributed by atoms with Crippen LogP contribution >= 0.6 is 11.6 Å². The van der Waals surface area contributed by atoms with Crippen LogP contribution in [0.5, 0.6) is 0 Å². The summed E-state index contributed by atoms with van der Waals surface area (Å²) in [6.07, 6.45) is 0.260. The van der Waals surface area contributed by atoms with E-state index in [-0.39, 0.29) is 18.2 Å². The maximum atomic E-state index is 13.0. The third kappa shape index (κ3) is 5.09. The second-order valence-electron chi connectivity index (χ2n) is 6.53. The van der Waals surface area contributed by atoms with Crippen molar-refractivity contribution in [2.75, 3.05) is 7.05 Å². The van der Waals surface area contributed by atoms with Gasteiger partial charge in [-0.1, -0.05) is 41.9 Å². The number of aryl methyl sites for hydroxylation is 2. The SMILES string of the molecule is CNC(=O)[C@@H](C)N(Cc1ccc(Cl)cc1)C(=O)Cc1ccc(C)c(C)c1. The van der Waals surface area contributed by atoms with Gasteiger partial charge in [-0.05, 0) is 55.2 Å². The van der Waals surface area contributed by atoms with Crippen LogP contribution in [0, 0.1) is 13.8 Å². The van der Waals surface area contributed by atoms with Gasteiger partial charge in [0.15, 0.2) is 0 Å². The van der Waals surface area contributed by atoms with Crippen LogP contribution in [0.25, 0.3) is 0 Å². The van der Waals surface area contributed by atoms with E-state index in [0.717, 1.165) is 16.7 Å². The molecule has 0 heterocycles. The van der Waals surface area contributed by atoms with Gasteiger partial charge in [-0.2, -0.15) is 0 Å². The highest BCUT2D eigenvalue weighted by atomic mass is 35.5. The second-order valence-corrected chi connectivity index (χ2v) is 6.97. The van der Waals surface area contributed by atoms with Gasteiger partial charge in [0, 0.05) is 18.6 Å². The lowest BCUT2D eigenvalue weighted by atomic mass is 10.0. The van der Waals surface area contributed by atoms with Gasteiger partial charge in [0.05, 0.1) is 6.42 Å². The van der Waals surface area contributed by atoms with Gasteiger partial charge >= 0.3 is 0 Å². The molecule has 0 aromatic heterocycles. The molecular weight excluding hydrogens is 348 g/mol. The summed E-state index contributed by atoms with van der Waals surface area (Å²) in [5.41, 5.74) is 4.22. The molecule has 0 bridgehead atoms. The second kappa shape index (κ2) is 8.86. The van der Waals surface area contributed by atoms with E-state index < -0.39 is 6.04 Å². The predicted molar refractivity (Wildman–Crippen MR) is 105 cm³/mol. The number of hydrogen-bond donors (Lipinski definition) is 1. The number of carbonyl (C=O) groups is 2. The molecule has 2 amide bonds. The molecule has 5 heteroatoms. The lowest BCUT2D eigenvalue weighted by molar-refractivity contribution is -0.139. The largest absolute Gasteiger partial charge is 0.357 e. The molecule has 0 aliphatic rings. The van der Waals surface area contributed by atoms with E-state index in [0.29, 0.717) is 11.6 Å². The summed E-state index contributed by atoms with van der Waals surface area (Å²) in [5, 5.41) is 3.26. The molecule has 2 aromatic carbocycles. The highest BCUT2D eigenvalue weighted by Crippen LogP contribution is 2.16. The number of hydrogen-bond acceptors (Lipinski definition) is 2. The molecular formula is C21H25ClN2O2. The number of benzene rings is 2. The summed E-state index contributed by atoms with van der Waals surface area (Å²) in [4.78, 5) is 26.7. The molecule has 0 aliphatic heterocycles. The third-order valence-electron chi connectivity index (χ3n) is 4.61.